The van der Waals surface area contributed by atoms with Crippen LogP contribution in [-0.4, -0.2) is 67.5 Å². The maximum atomic E-state index is 12.8. The Morgan fingerprint density at radius 3 is 2.41 bits per heavy atom. The van der Waals surface area contributed by atoms with E-state index in [1.807, 2.05) is 0 Å². The summed E-state index contributed by atoms with van der Waals surface area (Å²) in [7, 11) is -3.83. The number of primary sulfonamides is 1. The number of carbonyl (C=O) groups excluding carboxylic acids is 4. The van der Waals surface area contributed by atoms with Crippen LogP contribution < -0.4 is 50.9 Å². The number of benzene rings is 1. The first-order valence-electron chi connectivity index (χ1n) is 9.86. The van der Waals surface area contributed by atoms with Crippen LogP contribution in [0.25, 0.3) is 0 Å². The number of amides is 4. The van der Waals surface area contributed by atoms with Gasteiger partial charge in [-0.05, 0) is 29.7 Å². The number of likely N-dealkylation sites (tertiary alicyclic amines) is 1. The SMILES string of the molecule is NC(=O)OCC1=C(C(=O)[O-])N2C(=O)[C@@H]3[C@H]2C1CCN3C(=O)NCc1ccc(S(N)(=O)=O)cc1.[Na+]. The molecule has 0 spiro atoms. The molecule has 13 nitrogen and oxygen atoms in total. The average Bonchev–Trinajstić information content (AvgIpc) is 3.07. The number of urea groups is 1. The number of rotatable bonds is 6. The van der Waals surface area contributed by atoms with Crippen LogP contribution >= 0.6 is 0 Å². The Labute approximate surface area is 216 Å². The molecule has 3 atom stereocenters. The quantitative estimate of drug-likeness (QED) is 0.253. The molecule has 15 heteroatoms. The maximum Gasteiger partial charge on any atom is 1.00 e. The molecule has 0 radical (unpaired) electrons. The molecule has 4 rings (SSSR count). The van der Waals surface area contributed by atoms with Gasteiger partial charge in [-0.2, -0.15) is 0 Å². The number of nitrogens with one attached hydrogen (secondary N) is 1. The van der Waals surface area contributed by atoms with Crippen LogP contribution in [0.15, 0.2) is 40.4 Å². The van der Waals surface area contributed by atoms with Gasteiger partial charge >= 0.3 is 41.7 Å². The normalized spacial score (nSPS) is 23.0. The molecule has 4 amide bonds. The summed E-state index contributed by atoms with van der Waals surface area (Å²) in [5.74, 6) is -2.54. The van der Waals surface area contributed by atoms with E-state index in [9.17, 15) is 32.7 Å². The summed E-state index contributed by atoms with van der Waals surface area (Å²) in [5, 5.41) is 19.4. The molecule has 0 saturated carbocycles. The number of carboxylic acid groups (broad SMARTS) is 1. The van der Waals surface area contributed by atoms with Crippen molar-refractivity contribution in [2.24, 2.45) is 16.8 Å². The number of carboxylic acids is 1. The van der Waals surface area contributed by atoms with Gasteiger partial charge < -0.3 is 35.5 Å². The summed E-state index contributed by atoms with van der Waals surface area (Å²) in [6.07, 6.45) is -0.735. The number of nitrogens with two attached hydrogens (primary N) is 2. The van der Waals surface area contributed by atoms with Gasteiger partial charge in [0.25, 0.3) is 5.91 Å². The van der Waals surface area contributed by atoms with E-state index in [1.165, 1.54) is 29.2 Å². The van der Waals surface area contributed by atoms with Crippen molar-refractivity contribution in [3.8, 4) is 0 Å². The molecule has 176 valence electrons. The van der Waals surface area contributed by atoms with Gasteiger partial charge in [0.1, 0.15) is 12.6 Å². The van der Waals surface area contributed by atoms with E-state index < -0.39 is 52.0 Å². The van der Waals surface area contributed by atoms with Crippen molar-refractivity contribution >= 4 is 34.0 Å². The molecule has 3 aliphatic heterocycles. The standard InChI is InChI=1S/C19H21N5O8S.Na/c20-18(28)32-8-12-11-5-6-23(15-13(11)24(16(15)25)14(12)17(26)27)19(29)22-7-9-1-3-10(4-2-9)33(21,30)31;/h1-4,11,13,15H,5-8H2,(H2,20,28)(H,22,29)(H,26,27)(H2,21,30,31);/q;+1/p-1/t11?,13-,15+;/m1./s1. The van der Waals surface area contributed by atoms with Crippen LogP contribution in [-0.2, 0) is 30.9 Å². The Balaban J connectivity index is 0.00000324. The first-order chi connectivity index (χ1) is 15.5. The molecule has 0 aromatic heterocycles. The maximum absolute atomic E-state index is 12.8. The van der Waals surface area contributed by atoms with Crippen LogP contribution in [0.5, 0.6) is 0 Å². The van der Waals surface area contributed by atoms with E-state index in [4.69, 9.17) is 15.6 Å². The molecule has 0 aliphatic carbocycles. The fourth-order valence-corrected chi connectivity index (χ4v) is 5.14. The molecule has 0 bridgehead atoms. The Bertz CT molecular complexity index is 1190. The number of piperidine rings is 1. The third-order valence-corrected chi connectivity index (χ3v) is 6.98. The van der Waals surface area contributed by atoms with Crippen molar-refractivity contribution < 1.29 is 67.0 Å². The van der Waals surface area contributed by atoms with Gasteiger partial charge in [-0.25, -0.2) is 23.1 Å². The first-order valence-corrected chi connectivity index (χ1v) is 11.4. The van der Waals surface area contributed by atoms with E-state index in [1.54, 1.807) is 0 Å². The molecule has 1 aromatic rings. The topological polar surface area (TPSA) is 205 Å². The van der Waals surface area contributed by atoms with Gasteiger partial charge in [-0.3, -0.25) is 4.79 Å². The molecule has 2 saturated heterocycles. The third-order valence-electron chi connectivity index (χ3n) is 6.05. The number of β-lactam (4-membered cyclic amide) rings is 1. The van der Waals surface area contributed by atoms with Crippen molar-refractivity contribution in [1.29, 1.82) is 0 Å². The molecule has 34 heavy (non-hydrogen) atoms. The summed E-state index contributed by atoms with van der Waals surface area (Å²) < 4.78 is 27.4. The van der Waals surface area contributed by atoms with Crippen molar-refractivity contribution in [3.63, 3.8) is 0 Å². The Morgan fingerprint density at radius 2 is 1.85 bits per heavy atom. The molecule has 2 fully saturated rings. The van der Waals surface area contributed by atoms with E-state index in [0.717, 1.165) is 4.90 Å². The van der Waals surface area contributed by atoms with Gasteiger partial charge in [0.05, 0.1) is 22.6 Å². The number of primary amides is 1. The minimum absolute atomic E-state index is 0. The van der Waals surface area contributed by atoms with Gasteiger partial charge in [0.2, 0.25) is 10.0 Å². The molecule has 1 unspecified atom stereocenters. The molecule has 5 N–H and O–H groups in total. The Morgan fingerprint density at radius 1 is 1.21 bits per heavy atom. The second-order valence-electron chi connectivity index (χ2n) is 7.85. The number of nitrogens with zero attached hydrogens (tertiary/aromatic N) is 2. The molecule has 3 heterocycles. The fourth-order valence-electron chi connectivity index (χ4n) is 4.63. The third kappa shape index (κ3) is 4.51. The predicted octanol–water partition coefficient (Wildman–Crippen LogP) is -5.44. The zero-order valence-electron chi connectivity index (χ0n) is 18.1. The smallest absolute Gasteiger partial charge is 0.543 e. The average molecular weight is 501 g/mol. The Kier molecular flexibility index (Phi) is 7.28. The second-order valence-corrected chi connectivity index (χ2v) is 9.41. The largest absolute Gasteiger partial charge is 1.00 e. The van der Waals surface area contributed by atoms with Crippen molar-refractivity contribution in [2.75, 3.05) is 13.2 Å². The zero-order valence-corrected chi connectivity index (χ0v) is 20.9. The van der Waals surface area contributed by atoms with Gasteiger partial charge in [-0.1, -0.05) is 12.1 Å². The summed E-state index contributed by atoms with van der Waals surface area (Å²) >= 11 is 0. The summed E-state index contributed by atoms with van der Waals surface area (Å²) in [4.78, 5) is 50.5. The van der Waals surface area contributed by atoms with Crippen LogP contribution in [0.2, 0.25) is 0 Å². The van der Waals surface area contributed by atoms with E-state index >= 15 is 0 Å². The van der Waals surface area contributed by atoms with Crippen LogP contribution in [0.4, 0.5) is 9.59 Å². The van der Waals surface area contributed by atoms with Gasteiger partial charge in [-0.15, -0.1) is 0 Å². The summed E-state index contributed by atoms with van der Waals surface area (Å²) in [5.41, 5.74) is 5.49. The predicted molar refractivity (Wildman–Crippen MR) is 107 cm³/mol. The van der Waals surface area contributed by atoms with Crippen molar-refractivity contribution in [3.05, 3.63) is 41.1 Å². The van der Waals surface area contributed by atoms with Crippen LogP contribution in [0.3, 0.4) is 0 Å². The number of hydrogen-bond donors (Lipinski definition) is 3. The summed E-state index contributed by atoms with van der Waals surface area (Å²) in [6.45, 7) is -0.141. The summed E-state index contributed by atoms with van der Waals surface area (Å²) in [6, 6.07) is 3.65. The number of aliphatic carboxylic acids is 1. The molecule has 1 aromatic carbocycles. The minimum atomic E-state index is -3.83. The minimum Gasteiger partial charge on any atom is -0.543 e. The molecular weight excluding hydrogens is 481 g/mol. The van der Waals surface area contributed by atoms with Crippen molar-refractivity contribution in [1.82, 2.24) is 15.1 Å². The van der Waals surface area contributed by atoms with Crippen LogP contribution in [0, 0.1) is 5.92 Å². The second kappa shape index (κ2) is 9.54. The number of sulfonamides is 1. The monoisotopic (exact) mass is 501 g/mol. The van der Waals surface area contributed by atoms with Crippen molar-refractivity contribution in [2.45, 2.75) is 29.9 Å². The van der Waals surface area contributed by atoms with E-state index in [2.05, 4.69) is 5.32 Å². The number of carbonyl (C=O) groups is 4. The fraction of sp³-hybridized carbons (Fsp3) is 0.368. The number of hydrogen-bond acceptors (Lipinski definition) is 8. The van der Waals surface area contributed by atoms with E-state index in [-0.39, 0.29) is 65.4 Å². The number of ether oxygens (including phenoxy) is 1. The Hall–Kier alpha value is -2.65. The van der Waals surface area contributed by atoms with Crippen LogP contribution in [0.1, 0.15) is 12.0 Å². The first kappa shape index (κ1) is 26.0. The van der Waals surface area contributed by atoms with E-state index in [0.29, 0.717) is 12.0 Å². The van der Waals surface area contributed by atoms with Gasteiger partial charge in [0.15, 0.2) is 0 Å². The molecular formula is C19H20N5NaO8S. The zero-order chi connectivity index (χ0) is 24.1. The molecule has 3 aliphatic rings. The van der Waals surface area contributed by atoms with Gasteiger partial charge in [0, 0.05) is 19.0 Å².